The predicted molar refractivity (Wildman–Crippen MR) is 103 cm³/mol. The van der Waals surface area contributed by atoms with E-state index in [2.05, 4.69) is 50.4 Å². The first kappa shape index (κ1) is 17.0. The summed E-state index contributed by atoms with van der Waals surface area (Å²) in [5.74, 6) is 0.706. The maximum atomic E-state index is 5.96. The average Bonchev–Trinajstić information content (AvgIpc) is 3.27. The number of anilines is 1. The Morgan fingerprint density at radius 1 is 1.27 bits per heavy atom. The number of hydrogen-bond acceptors (Lipinski definition) is 5. The van der Waals surface area contributed by atoms with Gasteiger partial charge in [-0.05, 0) is 42.7 Å². The van der Waals surface area contributed by atoms with Crippen LogP contribution in [0, 0.1) is 6.92 Å². The zero-order valence-corrected chi connectivity index (χ0v) is 15.4. The van der Waals surface area contributed by atoms with Gasteiger partial charge in [-0.2, -0.15) is 5.10 Å². The zero-order chi connectivity index (χ0) is 17.9. The van der Waals surface area contributed by atoms with Crippen molar-refractivity contribution in [3.63, 3.8) is 0 Å². The van der Waals surface area contributed by atoms with E-state index in [4.69, 9.17) is 11.6 Å². The van der Waals surface area contributed by atoms with Crippen LogP contribution in [0.3, 0.4) is 0 Å². The molecule has 1 aromatic carbocycles. The monoisotopic (exact) mass is 368 g/mol. The quantitative estimate of drug-likeness (QED) is 0.748. The first-order chi connectivity index (χ1) is 12.7. The lowest BCUT2D eigenvalue weighted by Gasteiger charge is -2.18. The van der Waals surface area contributed by atoms with Crippen LogP contribution < -0.4 is 5.32 Å². The van der Waals surface area contributed by atoms with Crippen molar-refractivity contribution in [2.24, 2.45) is 0 Å². The number of aryl methyl sites for hydroxylation is 1. The van der Waals surface area contributed by atoms with Gasteiger partial charge < -0.3 is 5.32 Å². The number of halogens is 1. The van der Waals surface area contributed by atoms with Gasteiger partial charge in [-0.1, -0.05) is 17.7 Å². The van der Waals surface area contributed by atoms with Crippen LogP contribution in [0.1, 0.15) is 17.5 Å². The molecular formula is C19H21ClN6. The van der Waals surface area contributed by atoms with Gasteiger partial charge in [0.15, 0.2) is 0 Å². The molecule has 1 aliphatic heterocycles. The van der Waals surface area contributed by atoms with E-state index < -0.39 is 0 Å². The van der Waals surface area contributed by atoms with Gasteiger partial charge in [0, 0.05) is 44.3 Å². The molecule has 3 heterocycles. The first-order valence-corrected chi connectivity index (χ1v) is 9.11. The number of likely N-dealkylation sites (tertiary alicyclic amines) is 1. The number of rotatable bonds is 5. The summed E-state index contributed by atoms with van der Waals surface area (Å²) in [4.78, 5) is 11.0. The zero-order valence-electron chi connectivity index (χ0n) is 14.6. The second-order valence-electron chi connectivity index (χ2n) is 6.65. The highest BCUT2D eigenvalue weighted by Gasteiger charge is 2.23. The molecule has 0 amide bonds. The van der Waals surface area contributed by atoms with Crippen molar-refractivity contribution in [3.8, 4) is 5.69 Å². The fourth-order valence-electron chi connectivity index (χ4n) is 3.33. The Labute approximate surface area is 157 Å². The molecule has 2 aromatic heterocycles. The van der Waals surface area contributed by atoms with E-state index in [0.29, 0.717) is 17.0 Å². The molecule has 134 valence electrons. The van der Waals surface area contributed by atoms with Crippen molar-refractivity contribution in [2.45, 2.75) is 25.9 Å². The predicted octanol–water partition coefficient (Wildman–Crippen LogP) is 3.31. The van der Waals surface area contributed by atoms with E-state index in [-0.39, 0.29) is 0 Å². The molecule has 0 spiro atoms. The molecular weight excluding hydrogens is 348 g/mol. The molecule has 1 saturated heterocycles. The summed E-state index contributed by atoms with van der Waals surface area (Å²) in [5.41, 5.74) is 3.63. The van der Waals surface area contributed by atoms with Crippen molar-refractivity contribution in [2.75, 3.05) is 18.4 Å². The Morgan fingerprint density at radius 2 is 2.12 bits per heavy atom. The van der Waals surface area contributed by atoms with Gasteiger partial charge in [0.25, 0.3) is 0 Å². The molecule has 4 rings (SSSR count). The molecule has 0 saturated carbocycles. The third-order valence-electron chi connectivity index (χ3n) is 4.71. The molecule has 1 N–H and O–H groups in total. The summed E-state index contributed by atoms with van der Waals surface area (Å²) < 4.78 is 1.80. The van der Waals surface area contributed by atoms with E-state index in [1.807, 2.05) is 12.3 Å². The average molecular weight is 369 g/mol. The Morgan fingerprint density at radius 3 is 2.85 bits per heavy atom. The highest BCUT2D eigenvalue weighted by molar-refractivity contribution is 6.30. The second-order valence-corrected chi connectivity index (χ2v) is 7.09. The summed E-state index contributed by atoms with van der Waals surface area (Å²) in [7, 11) is 0. The van der Waals surface area contributed by atoms with E-state index in [0.717, 1.165) is 31.7 Å². The molecule has 1 atom stereocenters. The molecule has 1 unspecified atom stereocenters. The molecule has 1 fully saturated rings. The maximum Gasteiger partial charge on any atom is 0.222 e. The van der Waals surface area contributed by atoms with Gasteiger partial charge in [0.2, 0.25) is 5.95 Å². The standard InChI is InChI=1S/C19H21ClN6/c1-14-9-18(26-12-16(20)10-23-26)4-3-15(14)11-25-8-5-17(13-25)24-19-21-6-2-7-22-19/h2-4,6-7,9-10,12,17H,5,8,11,13H2,1H3,(H,21,22,24). The molecule has 1 aliphatic rings. The van der Waals surface area contributed by atoms with Crippen molar-refractivity contribution < 1.29 is 0 Å². The van der Waals surface area contributed by atoms with Crippen molar-refractivity contribution in [3.05, 3.63) is 65.2 Å². The number of hydrogen-bond donors (Lipinski definition) is 1. The fourth-order valence-corrected chi connectivity index (χ4v) is 3.47. The first-order valence-electron chi connectivity index (χ1n) is 8.73. The number of nitrogens with one attached hydrogen (secondary N) is 1. The van der Waals surface area contributed by atoms with Crippen LogP contribution in [0.5, 0.6) is 0 Å². The molecule has 6 nitrogen and oxygen atoms in total. The summed E-state index contributed by atoms with van der Waals surface area (Å²) in [6.07, 6.45) is 8.09. The van der Waals surface area contributed by atoms with Crippen molar-refractivity contribution in [1.82, 2.24) is 24.6 Å². The second kappa shape index (κ2) is 7.43. The molecule has 7 heteroatoms. The molecule has 0 bridgehead atoms. The van der Waals surface area contributed by atoms with Crippen LogP contribution >= 0.6 is 11.6 Å². The highest BCUT2D eigenvalue weighted by Crippen LogP contribution is 2.20. The van der Waals surface area contributed by atoms with Crippen LogP contribution in [0.2, 0.25) is 5.02 Å². The summed E-state index contributed by atoms with van der Waals surface area (Å²) in [5, 5.41) is 8.32. The summed E-state index contributed by atoms with van der Waals surface area (Å²) in [6.45, 7) is 5.15. The van der Waals surface area contributed by atoms with Gasteiger partial charge in [0.05, 0.1) is 16.9 Å². The minimum absolute atomic E-state index is 0.392. The van der Waals surface area contributed by atoms with E-state index in [1.165, 1.54) is 11.1 Å². The van der Waals surface area contributed by atoms with Gasteiger partial charge in [0.1, 0.15) is 0 Å². The summed E-state index contributed by atoms with van der Waals surface area (Å²) >= 11 is 5.96. The molecule has 0 radical (unpaired) electrons. The van der Waals surface area contributed by atoms with Crippen LogP contribution in [-0.2, 0) is 6.54 Å². The molecule has 0 aliphatic carbocycles. The van der Waals surface area contributed by atoms with Crippen molar-refractivity contribution in [1.29, 1.82) is 0 Å². The number of benzene rings is 1. The maximum absolute atomic E-state index is 5.96. The SMILES string of the molecule is Cc1cc(-n2cc(Cl)cn2)ccc1CN1CCC(Nc2ncccn2)C1. The largest absolute Gasteiger partial charge is 0.350 e. The third kappa shape index (κ3) is 3.86. The van der Waals surface area contributed by atoms with Crippen LogP contribution in [-0.4, -0.2) is 43.8 Å². The van der Waals surface area contributed by atoms with Gasteiger partial charge in [-0.25, -0.2) is 14.6 Å². The highest BCUT2D eigenvalue weighted by atomic mass is 35.5. The number of nitrogens with zero attached hydrogens (tertiary/aromatic N) is 5. The Kier molecular flexibility index (Phi) is 4.86. The van der Waals surface area contributed by atoms with Gasteiger partial charge >= 0.3 is 0 Å². The third-order valence-corrected chi connectivity index (χ3v) is 4.90. The molecule has 3 aromatic rings. The van der Waals surface area contributed by atoms with Gasteiger partial charge in [-0.15, -0.1) is 0 Å². The Bertz CT molecular complexity index is 879. The lowest BCUT2D eigenvalue weighted by atomic mass is 10.1. The fraction of sp³-hybridized carbons (Fsp3) is 0.316. The Balaban J connectivity index is 1.38. The lowest BCUT2D eigenvalue weighted by Crippen LogP contribution is -2.26. The van der Waals surface area contributed by atoms with Crippen LogP contribution in [0.4, 0.5) is 5.95 Å². The van der Waals surface area contributed by atoms with Crippen LogP contribution in [0.25, 0.3) is 5.69 Å². The van der Waals surface area contributed by atoms with Crippen LogP contribution in [0.15, 0.2) is 49.1 Å². The van der Waals surface area contributed by atoms with Crippen molar-refractivity contribution >= 4 is 17.5 Å². The van der Waals surface area contributed by atoms with E-state index in [1.54, 1.807) is 23.3 Å². The van der Waals surface area contributed by atoms with E-state index in [9.17, 15) is 0 Å². The molecule has 26 heavy (non-hydrogen) atoms. The minimum atomic E-state index is 0.392. The summed E-state index contributed by atoms with van der Waals surface area (Å²) in [6, 6.07) is 8.65. The smallest absolute Gasteiger partial charge is 0.222 e. The topological polar surface area (TPSA) is 58.9 Å². The number of aromatic nitrogens is 4. The van der Waals surface area contributed by atoms with E-state index >= 15 is 0 Å². The Hall–Kier alpha value is -2.44. The van der Waals surface area contributed by atoms with Gasteiger partial charge in [-0.3, -0.25) is 4.90 Å². The minimum Gasteiger partial charge on any atom is -0.350 e. The lowest BCUT2D eigenvalue weighted by molar-refractivity contribution is 0.328. The normalized spacial score (nSPS) is 17.5.